The molecule has 0 unspecified atom stereocenters. The van der Waals surface area contributed by atoms with Crippen LogP contribution < -0.4 is 9.47 Å². The Hall–Kier alpha value is -5.31. The van der Waals surface area contributed by atoms with Gasteiger partial charge < -0.3 is 29.5 Å². The standard InChI is InChI=1S/C36H33N5O4/c1-44-21-4-6-23-25-9-11-37-32(34(25)40-30(23)16-21)14-20(28-18-39-29-8-3-19(36(42)43)13-27(28)29)15-33-35-26(10-12-38-33)24-7-5-22(45-2)17-31(24)41-35/h3-8,13,16-18,20,39-41H,9-12,14-15H2,1-2H3,(H,42,43). The molecule has 226 valence electrons. The molecule has 9 nitrogen and oxygen atoms in total. The number of nitrogens with zero attached hydrogens (tertiary/aromatic N) is 2. The number of aromatic amines is 3. The van der Waals surface area contributed by atoms with Gasteiger partial charge >= 0.3 is 5.97 Å². The molecule has 3 aromatic carbocycles. The number of carboxylic acids is 1. The number of aromatic carboxylic acids is 1. The molecule has 0 aliphatic carbocycles. The predicted octanol–water partition coefficient (Wildman–Crippen LogP) is 6.80. The zero-order valence-corrected chi connectivity index (χ0v) is 25.2. The molecule has 0 saturated carbocycles. The smallest absolute Gasteiger partial charge is 0.335 e. The molecule has 2 aliphatic heterocycles. The highest BCUT2D eigenvalue weighted by molar-refractivity contribution is 6.09. The summed E-state index contributed by atoms with van der Waals surface area (Å²) in [5.41, 5.74) is 11.1. The molecule has 0 atom stereocenters. The van der Waals surface area contributed by atoms with Crippen LogP contribution in [0.15, 0.2) is 70.8 Å². The third-order valence-electron chi connectivity index (χ3n) is 9.41. The Bertz CT molecular complexity index is 2090. The second-order valence-electron chi connectivity index (χ2n) is 11.9. The first-order valence-electron chi connectivity index (χ1n) is 15.3. The van der Waals surface area contributed by atoms with Crippen molar-refractivity contribution in [2.75, 3.05) is 27.3 Å². The van der Waals surface area contributed by atoms with Crippen molar-refractivity contribution < 1.29 is 19.4 Å². The van der Waals surface area contributed by atoms with Gasteiger partial charge in [0.15, 0.2) is 0 Å². The number of fused-ring (bicyclic) bond motifs is 7. The van der Waals surface area contributed by atoms with Gasteiger partial charge in [-0.25, -0.2) is 4.79 Å². The second-order valence-corrected chi connectivity index (χ2v) is 11.9. The van der Waals surface area contributed by atoms with E-state index in [1.807, 2.05) is 36.5 Å². The van der Waals surface area contributed by atoms with Crippen LogP contribution in [0.25, 0.3) is 32.7 Å². The Morgan fingerprint density at radius 2 is 1.36 bits per heavy atom. The lowest BCUT2D eigenvalue weighted by Gasteiger charge is -2.23. The number of ether oxygens (including phenoxy) is 2. The lowest BCUT2D eigenvalue weighted by atomic mass is 9.84. The highest BCUT2D eigenvalue weighted by Gasteiger charge is 2.29. The molecule has 45 heavy (non-hydrogen) atoms. The maximum atomic E-state index is 11.9. The molecule has 0 bridgehead atoms. The van der Waals surface area contributed by atoms with Gasteiger partial charge in [-0.1, -0.05) is 0 Å². The Morgan fingerprint density at radius 3 is 1.89 bits per heavy atom. The summed E-state index contributed by atoms with van der Waals surface area (Å²) in [6.07, 6.45) is 5.12. The zero-order chi connectivity index (χ0) is 30.7. The van der Waals surface area contributed by atoms with Gasteiger partial charge in [0.1, 0.15) is 11.5 Å². The molecule has 2 aliphatic rings. The number of carboxylic acid groups (broad SMARTS) is 1. The number of benzene rings is 3. The summed E-state index contributed by atoms with van der Waals surface area (Å²) in [7, 11) is 3.36. The van der Waals surface area contributed by atoms with E-state index >= 15 is 0 Å². The molecule has 0 fully saturated rings. The van der Waals surface area contributed by atoms with Gasteiger partial charge in [0.05, 0.1) is 42.6 Å². The summed E-state index contributed by atoms with van der Waals surface area (Å²) in [6, 6.07) is 17.6. The van der Waals surface area contributed by atoms with Gasteiger partial charge in [-0.15, -0.1) is 0 Å². The van der Waals surface area contributed by atoms with E-state index in [0.29, 0.717) is 12.8 Å². The number of H-pyrrole nitrogens is 3. The van der Waals surface area contributed by atoms with Gasteiger partial charge in [-0.3, -0.25) is 9.98 Å². The van der Waals surface area contributed by atoms with E-state index in [4.69, 9.17) is 19.5 Å². The summed E-state index contributed by atoms with van der Waals surface area (Å²) < 4.78 is 11.0. The SMILES string of the molecule is COc1ccc2c3c([nH]c2c1)C(CC(CC1=NCCc2c1[nH]c1cc(OC)ccc21)c1c[nH]c2ccc(C(=O)O)cc12)=NCC3. The highest BCUT2D eigenvalue weighted by Crippen LogP contribution is 2.38. The first-order valence-corrected chi connectivity index (χ1v) is 15.3. The van der Waals surface area contributed by atoms with Crippen molar-refractivity contribution in [3.05, 3.63) is 94.4 Å². The number of aliphatic imine (C=N–C) groups is 2. The van der Waals surface area contributed by atoms with E-state index in [0.717, 1.165) is 87.7 Å². The molecular formula is C36H33N5O4. The maximum absolute atomic E-state index is 11.9. The van der Waals surface area contributed by atoms with Crippen molar-refractivity contribution in [1.29, 1.82) is 0 Å². The number of methoxy groups -OCH3 is 2. The van der Waals surface area contributed by atoms with Gasteiger partial charge in [0.25, 0.3) is 0 Å². The molecule has 3 aromatic heterocycles. The van der Waals surface area contributed by atoms with Crippen LogP contribution in [-0.2, 0) is 12.8 Å². The normalized spacial score (nSPS) is 14.5. The highest BCUT2D eigenvalue weighted by atomic mass is 16.5. The van der Waals surface area contributed by atoms with Crippen molar-refractivity contribution in [1.82, 2.24) is 15.0 Å². The maximum Gasteiger partial charge on any atom is 0.335 e. The van der Waals surface area contributed by atoms with E-state index in [2.05, 4.69) is 27.1 Å². The first-order chi connectivity index (χ1) is 22.0. The summed E-state index contributed by atoms with van der Waals surface area (Å²) in [5, 5.41) is 13.1. The van der Waals surface area contributed by atoms with Gasteiger partial charge in [-0.05, 0) is 90.8 Å². The summed E-state index contributed by atoms with van der Waals surface area (Å²) in [5.74, 6) is 0.671. The van der Waals surface area contributed by atoms with E-state index in [1.165, 1.54) is 21.9 Å². The fourth-order valence-electron chi connectivity index (χ4n) is 7.20. The number of hydrogen-bond acceptors (Lipinski definition) is 5. The molecule has 9 heteroatoms. The van der Waals surface area contributed by atoms with Crippen LogP contribution in [0, 0.1) is 0 Å². The number of rotatable bonds is 8. The van der Waals surface area contributed by atoms with E-state index in [-0.39, 0.29) is 11.5 Å². The van der Waals surface area contributed by atoms with Crippen LogP contribution in [0.5, 0.6) is 11.5 Å². The summed E-state index contributed by atoms with van der Waals surface area (Å²) in [6.45, 7) is 1.44. The van der Waals surface area contributed by atoms with Crippen molar-refractivity contribution in [2.45, 2.75) is 31.6 Å². The van der Waals surface area contributed by atoms with Crippen molar-refractivity contribution in [3.63, 3.8) is 0 Å². The predicted molar refractivity (Wildman–Crippen MR) is 177 cm³/mol. The molecule has 0 radical (unpaired) electrons. The van der Waals surface area contributed by atoms with Gasteiger partial charge in [0, 0.05) is 64.1 Å². The second kappa shape index (κ2) is 10.7. The fraction of sp³-hybridized carbons (Fsp3) is 0.250. The Balaban J connectivity index is 1.23. The molecule has 4 N–H and O–H groups in total. The van der Waals surface area contributed by atoms with Crippen molar-refractivity contribution >= 4 is 50.1 Å². The molecule has 5 heterocycles. The van der Waals surface area contributed by atoms with Crippen LogP contribution in [0.4, 0.5) is 0 Å². The average Bonchev–Trinajstić information content (AvgIpc) is 3.77. The Morgan fingerprint density at radius 1 is 0.778 bits per heavy atom. The van der Waals surface area contributed by atoms with Gasteiger partial charge in [0.2, 0.25) is 0 Å². The molecular weight excluding hydrogens is 566 g/mol. The third kappa shape index (κ3) is 4.58. The zero-order valence-electron chi connectivity index (χ0n) is 25.2. The van der Waals surface area contributed by atoms with Crippen LogP contribution in [0.2, 0.25) is 0 Å². The molecule has 6 aromatic rings. The Kier molecular flexibility index (Phi) is 6.48. The molecule has 8 rings (SSSR count). The minimum Gasteiger partial charge on any atom is -0.497 e. The van der Waals surface area contributed by atoms with Crippen LogP contribution in [-0.4, -0.2) is 64.8 Å². The molecule has 0 amide bonds. The fourth-order valence-corrected chi connectivity index (χ4v) is 7.20. The largest absolute Gasteiger partial charge is 0.497 e. The van der Waals surface area contributed by atoms with E-state index in [1.54, 1.807) is 26.4 Å². The topological polar surface area (TPSA) is 128 Å². The Labute approximate surface area is 259 Å². The quantitative estimate of drug-likeness (QED) is 0.153. The number of hydrogen-bond donors (Lipinski definition) is 4. The summed E-state index contributed by atoms with van der Waals surface area (Å²) >= 11 is 0. The minimum atomic E-state index is -0.940. The number of carbonyl (C=O) groups is 1. The lowest BCUT2D eigenvalue weighted by molar-refractivity contribution is 0.0697. The van der Waals surface area contributed by atoms with Gasteiger partial charge in [-0.2, -0.15) is 0 Å². The van der Waals surface area contributed by atoms with Crippen molar-refractivity contribution in [3.8, 4) is 11.5 Å². The van der Waals surface area contributed by atoms with E-state index in [9.17, 15) is 9.90 Å². The van der Waals surface area contributed by atoms with Crippen LogP contribution >= 0.6 is 0 Å². The number of nitrogens with one attached hydrogen (secondary N) is 3. The van der Waals surface area contributed by atoms with Crippen LogP contribution in [0.3, 0.4) is 0 Å². The third-order valence-corrected chi connectivity index (χ3v) is 9.41. The molecule has 0 spiro atoms. The van der Waals surface area contributed by atoms with Crippen molar-refractivity contribution in [2.24, 2.45) is 9.98 Å². The number of aromatic nitrogens is 3. The van der Waals surface area contributed by atoms with E-state index < -0.39 is 5.97 Å². The average molecular weight is 600 g/mol. The van der Waals surface area contributed by atoms with Crippen LogP contribution in [0.1, 0.15) is 57.2 Å². The monoisotopic (exact) mass is 599 g/mol. The first kappa shape index (κ1) is 27.3. The molecule has 0 saturated heterocycles. The lowest BCUT2D eigenvalue weighted by Crippen LogP contribution is -2.20. The minimum absolute atomic E-state index is 0.0147. The summed E-state index contributed by atoms with van der Waals surface area (Å²) in [4.78, 5) is 32.8.